The van der Waals surface area contributed by atoms with Crippen LogP contribution in [0.5, 0.6) is 5.75 Å². The summed E-state index contributed by atoms with van der Waals surface area (Å²) in [7, 11) is 0. The van der Waals surface area contributed by atoms with E-state index < -0.39 is 0 Å². The minimum Gasteiger partial charge on any atom is -0.493 e. The molecule has 2 nitrogen and oxygen atoms in total. The quantitative estimate of drug-likeness (QED) is 0.826. The van der Waals surface area contributed by atoms with Gasteiger partial charge in [0.25, 0.3) is 0 Å². The number of halogens is 2. The summed E-state index contributed by atoms with van der Waals surface area (Å²) in [6.45, 7) is 2.88. The Morgan fingerprint density at radius 1 is 1.10 bits per heavy atom. The van der Waals surface area contributed by atoms with Crippen molar-refractivity contribution in [2.75, 3.05) is 11.9 Å². The van der Waals surface area contributed by atoms with Gasteiger partial charge in [-0.25, -0.2) is 0 Å². The number of fused-ring (bicyclic) bond motifs is 1. The molecule has 2 unspecified atom stereocenters. The molecule has 0 aliphatic carbocycles. The lowest BCUT2D eigenvalue weighted by Crippen LogP contribution is -2.28. The van der Waals surface area contributed by atoms with Crippen LogP contribution in [0.25, 0.3) is 0 Å². The van der Waals surface area contributed by atoms with Gasteiger partial charge in [0.1, 0.15) is 5.75 Å². The van der Waals surface area contributed by atoms with Crippen molar-refractivity contribution in [3.8, 4) is 5.75 Å². The van der Waals surface area contributed by atoms with E-state index in [9.17, 15) is 0 Å². The van der Waals surface area contributed by atoms with Crippen molar-refractivity contribution in [1.29, 1.82) is 0 Å². The Balaban J connectivity index is 1.91. The summed E-state index contributed by atoms with van der Waals surface area (Å²) in [5, 5.41) is 4.66. The summed E-state index contributed by atoms with van der Waals surface area (Å²) in [4.78, 5) is 0. The number of benzene rings is 2. The third kappa shape index (κ3) is 2.58. The molecule has 20 heavy (non-hydrogen) atoms. The fourth-order valence-corrected chi connectivity index (χ4v) is 2.78. The number of ether oxygens (including phenoxy) is 1. The van der Waals surface area contributed by atoms with Crippen LogP contribution in [0.1, 0.15) is 18.5 Å². The van der Waals surface area contributed by atoms with Crippen molar-refractivity contribution >= 4 is 28.9 Å². The van der Waals surface area contributed by atoms with Crippen LogP contribution in [0.15, 0.2) is 42.5 Å². The maximum atomic E-state index is 6.07. The van der Waals surface area contributed by atoms with Crippen molar-refractivity contribution in [3.05, 3.63) is 58.1 Å². The number of nitrogens with one attached hydrogen (secondary N) is 1. The summed E-state index contributed by atoms with van der Waals surface area (Å²) in [5.74, 6) is 1.32. The average Bonchev–Trinajstić information content (AvgIpc) is 2.46. The zero-order valence-electron chi connectivity index (χ0n) is 11.1. The zero-order chi connectivity index (χ0) is 14.1. The van der Waals surface area contributed by atoms with Crippen molar-refractivity contribution < 1.29 is 4.74 Å². The molecule has 2 atom stereocenters. The first-order valence-electron chi connectivity index (χ1n) is 6.58. The second-order valence-corrected chi connectivity index (χ2v) is 5.89. The molecule has 3 rings (SSSR count). The van der Waals surface area contributed by atoms with Crippen LogP contribution in [0.2, 0.25) is 10.0 Å². The Bertz CT molecular complexity index is 630. The lowest BCUT2D eigenvalue weighted by Gasteiger charge is -2.32. The normalized spacial score (nSPS) is 20.9. The first kappa shape index (κ1) is 13.6. The van der Waals surface area contributed by atoms with E-state index in [1.165, 1.54) is 5.56 Å². The molecule has 1 heterocycles. The molecule has 1 aliphatic heterocycles. The summed E-state index contributed by atoms with van der Waals surface area (Å²) in [6, 6.07) is 13.9. The van der Waals surface area contributed by atoms with Crippen LogP contribution in [0.3, 0.4) is 0 Å². The van der Waals surface area contributed by atoms with E-state index in [1.807, 2.05) is 36.4 Å². The van der Waals surface area contributed by atoms with Gasteiger partial charge in [-0.3, -0.25) is 0 Å². The molecule has 1 N–H and O–H groups in total. The summed E-state index contributed by atoms with van der Waals surface area (Å²) in [5.41, 5.74) is 2.14. The Hall–Kier alpha value is -1.38. The van der Waals surface area contributed by atoms with E-state index in [-0.39, 0.29) is 6.04 Å². The Kier molecular flexibility index (Phi) is 3.77. The van der Waals surface area contributed by atoms with Gasteiger partial charge >= 0.3 is 0 Å². The summed E-state index contributed by atoms with van der Waals surface area (Å²) >= 11 is 12.0. The highest BCUT2D eigenvalue weighted by Gasteiger charge is 2.27. The largest absolute Gasteiger partial charge is 0.493 e. The van der Waals surface area contributed by atoms with Crippen molar-refractivity contribution in [3.63, 3.8) is 0 Å². The summed E-state index contributed by atoms with van der Waals surface area (Å²) in [6.07, 6.45) is 0. The van der Waals surface area contributed by atoms with Gasteiger partial charge in [-0.1, -0.05) is 48.3 Å². The van der Waals surface area contributed by atoms with E-state index in [2.05, 4.69) is 18.3 Å². The van der Waals surface area contributed by atoms with Crippen LogP contribution in [0.4, 0.5) is 5.69 Å². The predicted octanol–water partition coefficient (Wildman–Crippen LogP) is 5.18. The van der Waals surface area contributed by atoms with Gasteiger partial charge in [0.05, 0.1) is 22.7 Å². The third-order valence-corrected chi connectivity index (χ3v) is 4.31. The third-order valence-electron chi connectivity index (χ3n) is 3.57. The lowest BCUT2D eigenvalue weighted by molar-refractivity contribution is 0.214. The van der Waals surface area contributed by atoms with Gasteiger partial charge in [0.15, 0.2) is 0 Å². The highest BCUT2D eigenvalue weighted by molar-refractivity contribution is 6.42. The van der Waals surface area contributed by atoms with Gasteiger partial charge in [0, 0.05) is 17.2 Å². The minimum atomic E-state index is 0.206. The maximum Gasteiger partial charge on any atom is 0.124 e. The van der Waals surface area contributed by atoms with Gasteiger partial charge in [-0.15, -0.1) is 0 Å². The smallest absolute Gasteiger partial charge is 0.124 e. The van der Waals surface area contributed by atoms with Crippen LogP contribution in [-0.2, 0) is 0 Å². The van der Waals surface area contributed by atoms with E-state index in [4.69, 9.17) is 27.9 Å². The lowest BCUT2D eigenvalue weighted by atomic mass is 9.92. The van der Waals surface area contributed by atoms with Crippen molar-refractivity contribution in [2.24, 2.45) is 5.92 Å². The van der Waals surface area contributed by atoms with Gasteiger partial charge < -0.3 is 10.1 Å². The highest BCUT2D eigenvalue weighted by Crippen LogP contribution is 2.38. The van der Waals surface area contributed by atoms with Crippen LogP contribution >= 0.6 is 23.2 Å². The van der Waals surface area contributed by atoms with Gasteiger partial charge in [0.2, 0.25) is 0 Å². The first-order chi connectivity index (χ1) is 9.65. The van der Waals surface area contributed by atoms with E-state index in [0.717, 1.165) is 11.4 Å². The molecule has 2 aromatic rings. The van der Waals surface area contributed by atoms with E-state index >= 15 is 0 Å². The second-order valence-electron chi connectivity index (χ2n) is 5.08. The molecule has 1 aliphatic rings. The monoisotopic (exact) mass is 307 g/mol. The highest BCUT2D eigenvalue weighted by atomic mass is 35.5. The summed E-state index contributed by atoms with van der Waals surface area (Å²) < 4.78 is 5.76. The SMILES string of the molecule is CC1COc2ccccc2C1Nc1ccc(Cl)c(Cl)c1. The number of rotatable bonds is 2. The first-order valence-corrected chi connectivity index (χ1v) is 7.34. The molecule has 0 saturated heterocycles. The topological polar surface area (TPSA) is 21.3 Å². The van der Waals surface area contributed by atoms with Crippen LogP contribution in [-0.4, -0.2) is 6.61 Å². The molecular weight excluding hydrogens is 293 g/mol. The molecule has 0 amide bonds. The van der Waals surface area contributed by atoms with E-state index in [0.29, 0.717) is 22.6 Å². The predicted molar refractivity (Wildman–Crippen MR) is 83.9 cm³/mol. The molecule has 0 spiro atoms. The molecule has 0 bridgehead atoms. The van der Waals surface area contributed by atoms with Gasteiger partial charge in [-0.2, -0.15) is 0 Å². The standard InChI is InChI=1S/C16H15Cl2NO/c1-10-9-20-15-5-3-2-4-12(15)16(10)19-11-6-7-13(17)14(18)8-11/h2-8,10,16,19H,9H2,1H3. The molecular formula is C16H15Cl2NO. The molecule has 104 valence electrons. The van der Waals surface area contributed by atoms with Crippen molar-refractivity contribution in [2.45, 2.75) is 13.0 Å². The molecule has 0 aromatic heterocycles. The number of anilines is 1. The Morgan fingerprint density at radius 2 is 1.90 bits per heavy atom. The Labute approximate surface area is 128 Å². The minimum absolute atomic E-state index is 0.206. The molecule has 0 saturated carbocycles. The fourth-order valence-electron chi connectivity index (χ4n) is 2.48. The molecule has 4 heteroatoms. The molecule has 0 fully saturated rings. The number of hydrogen-bond donors (Lipinski definition) is 1. The van der Waals surface area contributed by atoms with Crippen LogP contribution in [0, 0.1) is 5.92 Å². The second kappa shape index (κ2) is 5.55. The van der Waals surface area contributed by atoms with Crippen molar-refractivity contribution in [1.82, 2.24) is 0 Å². The fraction of sp³-hybridized carbons (Fsp3) is 0.250. The Morgan fingerprint density at radius 3 is 2.70 bits per heavy atom. The zero-order valence-corrected chi connectivity index (χ0v) is 12.6. The number of para-hydroxylation sites is 1. The molecule has 2 aromatic carbocycles. The van der Waals surface area contributed by atoms with E-state index in [1.54, 1.807) is 0 Å². The average molecular weight is 308 g/mol. The molecule has 0 radical (unpaired) electrons. The van der Waals surface area contributed by atoms with Crippen LogP contribution < -0.4 is 10.1 Å². The maximum absolute atomic E-state index is 6.07. The number of hydrogen-bond acceptors (Lipinski definition) is 2. The van der Waals surface area contributed by atoms with Gasteiger partial charge in [-0.05, 0) is 24.3 Å².